The summed E-state index contributed by atoms with van der Waals surface area (Å²) in [5.74, 6) is 1.27. The number of sulfonamides is 1. The van der Waals surface area contributed by atoms with Crippen LogP contribution in [-0.4, -0.2) is 29.2 Å². The highest BCUT2D eigenvalue weighted by atomic mass is 32.2. The molecule has 0 atom stereocenters. The monoisotopic (exact) mass is 433 g/mol. The van der Waals surface area contributed by atoms with Crippen LogP contribution >= 0.6 is 11.3 Å². The topological polar surface area (TPSA) is 101 Å². The first-order valence-electron chi connectivity index (χ1n) is 9.11. The van der Waals surface area contributed by atoms with Crippen molar-refractivity contribution in [3.63, 3.8) is 0 Å². The van der Waals surface area contributed by atoms with Crippen LogP contribution in [-0.2, 0) is 23.0 Å². The molecule has 0 aliphatic carbocycles. The Morgan fingerprint density at radius 1 is 1.28 bits per heavy atom. The summed E-state index contributed by atoms with van der Waals surface area (Å²) in [7, 11) is -4.15. The van der Waals surface area contributed by atoms with E-state index in [1.165, 1.54) is 0 Å². The molecule has 0 saturated heterocycles. The fourth-order valence-electron chi connectivity index (χ4n) is 3.05. The zero-order valence-electron chi connectivity index (χ0n) is 16.4. The number of benzene rings is 1. The Morgan fingerprint density at radius 2 is 1.97 bits per heavy atom. The van der Waals surface area contributed by atoms with Gasteiger partial charge < -0.3 is 9.67 Å². The SMILES string of the molecule is Cc1nccn1Cc1ccc(-c2cc(CC(C)C)sc2S(=O)(=O)NC(=O)O)cc1. The van der Waals surface area contributed by atoms with Crippen molar-refractivity contribution in [2.24, 2.45) is 5.92 Å². The number of carboxylic acid groups (broad SMARTS) is 1. The molecule has 3 rings (SSSR count). The van der Waals surface area contributed by atoms with E-state index in [-0.39, 0.29) is 4.21 Å². The van der Waals surface area contributed by atoms with Crippen LogP contribution in [0.3, 0.4) is 0 Å². The Balaban J connectivity index is 1.97. The van der Waals surface area contributed by atoms with Crippen LogP contribution in [0.4, 0.5) is 4.79 Å². The van der Waals surface area contributed by atoms with Gasteiger partial charge in [-0.05, 0) is 36.5 Å². The molecule has 1 aromatic carbocycles. The minimum absolute atomic E-state index is 0.0220. The molecule has 0 bridgehead atoms. The van der Waals surface area contributed by atoms with Crippen LogP contribution in [0.5, 0.6) is 0 Å². The Labute approximate surface area is 174 Å². The number of thiophene rings is 1. The largest absolute Gasteiger partial charge is 0.464 e. The molecule has 2 aromatic heterocycles. The number of nitrogens with zero attached hydrogens (tertiary/aromatic N) is 2. The van der Waals surface area contributed by atoms with Crippen LogP contribution in [0, 0.1) is 12.8 Å². The Morgan fingerprint density at radius 3 is 2.52 bits per heavy atom. The van der Waals surface area contributed by atoms with Crippen molar-refractivity contribution >= 4 is 27.5 Å². The number of hydrogen-bond donors (Lipinski definition) is 2. The van der Waals surface area contributed by atoms with Crippen molar-refractivity contribution in [1.82, 2.24) is 14.3 Å². The van der Waals surface area contributed by atoms with Gasteiger partial charge in [-0.1, -0.05) is 38.1 Å². The van der Waals surface area contributed by atoms with Gasteiger partial charge in [0.05, 0.1) is 0 Å². The zero-order chi connectivity index (χ0) is 21.2. The lowest BCUT2D eigenvalue weighted by Gasteiger charge is -2.08. The molecule has 0 aliphatic heterocycles. The van der Waals surface area contributed by atoms with Gasteiger partial charge in [0.2, 0.25) is 0 Å². The minimum Gasteiger partial charge on any atom is -0.464 e. The predicted octanol–water partition coefficient (Wildman–Crippen LogP) is 4.12. The Hall–Kier alpha value is -2.65. The van der Waals surface area contributed by atoms with Gasteiger partial charge in [0.1, 0.15) is 10.0 Å². The van der Waals surface area contributed by atoms with Gasteiger partial charge in [-0.2, -0.15) is 0 Å². The fourth-order valence-corrected chi connectivity index (χ4v) is 5.84. The maximum absolute atomic E-state index is 12.6. The first-order valence-corrected chi connectivity index (χ1v) is 11.4. The average Bonchev–Trinajstić information content (AvgIpc) is 3.21. The second kappa shape index (κ2) is 8.38. The van der Waals surface area contributed by atoms with Gasteiger partial charge in [-0.3, -0.25) is 0 Å². The molecule has 2 heterocycles. The molecule has 9 heteroatoms. The van der Waals surface area contributed by atoms with Crippen LogP contribution < -0.4 is 4.72 Å². The van der Waals surface area contributed by atoms with E-state index in [0.717, 1.165) is 39.6 Å². The summed E-state index contributed by atoms with van der Waals surface area (Å²) < 4.78 is 28.8. The standard InChI is InChI=1S/C20H23N3O4S2/c1-13(2)10-17-11-18(19(28-17)29(26,27)22-20(24)25)16-6-4-15(5-7-16)12-23-9-8-21-14(23)3/h4-9,11,13,22H,10,12H2,1-3H3,(H,24,25). The van der Waals surface area contributed by atoms with Crippen LogP contribution in [0.1, 0.15) is 30.1 Å². The van der Waals surface area contributed by atoms with Gasteiger partial charge in [0.25, 0.3) is 10.0 Å². The number of carbonyl (C=O) groups is 1. The number of nitrogens with one attached hydrogen (secondary N) is 1. The molecule has 0 radical (unpaired) electrons. The molecule has 154 valence electrons. The summed E-state index contributed by atoms with van der Waals surface area (Å²) in [5.41, 5.74) is 2.30. The molecule has 29 heavy (non-hydrogen) atoms. The number of aromatic nitrogens is 2. The maximum atomic E-state index is 12.6. The van der Waals surface area contributed by atoms with Gasteiger partial charge >= 0.3 is 6.09 Å². The van der Waals surface area contributed by atoms with E-state index < -0.39 is 16.1 Å². The highest BCUT2D eigenvalue weighted by molar-refractivity contribution is 7.92. The van der Waals surface area contributed by atoms with E-state index in [1.54, 1.807) is 10.9 Å². The van der Waals surface area contributed by atoms with Gasteiger partial charge in [0, 0.05) is 29.4 Å². The smallest absolute Gasteiger partial charge is 0.418 e. The molecular formula is C20H23N3O4S2. The fraction of sp³-hybridized carbons (Fsp3) is 0.300. The van der Waals surface area contributed by atoms with Crippen molar-refractivity contribution in [2.45, 2.75) is 37.9 Å². The van der Waals surface area contributed by atoms with Crippen molar-refractivity contribution in [2.75, 3.05) is 0 Å². The lowest BCUT2D eigenvalue weighted by Crippen LogP contribution is -2.28. The number of rotatable bonds is 7. The third-order valence-corrected chi connectivity index (χ3v) is 7.38. The van der Waals surface area contributed by atoms with Crippen LogP contribution in [0.2, 0.25) is 0 Å². The van der Waals surface area contributed by atoms with E-state index in [1.807, 2.05) is 48.0 Å². The van der Waals surface area contributed by atoms with Crippen molar-refractivity contribution in [3.05, 3.63) is 59.0 Å². The van der Waals surface area contributed by atoms with Crippen molar-refractivity contribution < 1.29 is 18.3 Å². The average molecular weight is 434 g/mol. The number of amides is 1. The molecular weight excluding hydrogens is 410 g/mol. The first kappa shape index (κ1) is 21.1. The molecule has 3 aromatic rings. The maximum Gasteiger partial charge on any atom is 0.418 e. The third-order valence-electron chi connectivity index (χ3n) is 4.37. The highest BCUT2D eigenvalue weighted by Gasteiger charge is 2.25. The highest BCUT2D eigenvalue weighted by Crippen LogP contribution is 2.36. The predicted molar refractivity (Wildman–Crippen MR) is 113 cm³/mol. The van der Waals surface area contributed by atoms with E-state index in [9.17, 15) is 13.2 Å². The molecule has 0 unspecified atom stereocenters. The van der Waals surface area contributed by atoms with E-state index in [0.29, 0.717) is 18.0 Å². The lowest BCUT2D eigenvalue weighted by molar-refractivity contribution is 0.201. The Bertz CT molecular complexity index is 1110. The Kier molecular flexibility index (Phi) is 6.09. The van der Waals surface area contributed by atoms with Gasteiger partial charge in [-0.15, -0.1) is 11.3 Å². The van der Waals surface area contributed by atoms with Gasteiger partial charge in [0.15, 0.2) is 0 Å². The number of hydrogen-bond acceptors (Lipinski definition) is 5. The van der Waals surface area contributed by atoms with Crippen molar-refractivity contribution in [1.29, 1.82) is 0 Å². The molecule has 7 nitrogen and oxygen atoms in total. The number of aryl methyl sites for hydroxylation is 1. The lowest BCUT2D eigenvalue weighted by atomic mass is 10.0. The first-order chi connectivity index (χ1) is 13.7. The number of imidazole rings is 1. The summed E-state index contributed by atoms with van der Waals surface area (Å²) in [5, 5.41) is 8.91. The molecule has 0 fully saturated rings. The minimum atomic E-state index is -4.15. The van der Waals surface area contributed by atoms with Crippen molar-refractivity contribution in [3.8, 4) is 11.1 Å². The summed E-state index contributed by atoms with van der Waals surface area (Å²) >= 11 is 1.12. The molecule has 0 spiro atoms. The summed E-state index contributed by atoms with van der Waals surface area (Å²) in [6, 6.07) is 9.45. The van der Waals surface area contributed by atoms with E-state index in [2.05, 4.69) is 18.8 Å². The molecule has 0 saturated carbocycles. The normalized spacial score (nSPS) is 11.7. The summed E-state index contributed by atoms with van der Waals surface area (Å²) in [6.45, 7) is 6.70. The van der Waals surface area contributed by atoms with E-state index in [4.69, 9.17) is 5.11 Å². The zero-order valence-corrected chi connectivity index (χ0v) is 18.0. The van der Waals surface area contributed by atoms with Gasteiger partial charge in [-0.25, -0.2) is 22.9 Å². The third kappa shape index (κ3) is 5.04. The quantitative estimate of drug-likeness (QED) is 0.584. The summed E-state index contributed by atoms with van der Waals surface area (Å²) in [6.07, 6.45) is 2.78. The molecule has 1 amide bonds. The molecule has 0 aliphatic rings. The molecule has 2 N–H and O–H groups in total. The van der Waals surface area contributed by atoms with E-state index >= 15 is 0 Å². The van der Waals surface area contributed by atoms with Crippen LogP contribution in [0.15, 0.2) is 46.9 Å². The second-order valence-corrected chi connectivity index (χ2v) is 10.2. The second-order valence-electron chi connectivity index (χ2n) is 7.22. The summed E-state index contributed by atoms with van der Waals surface area (Å²) in [4.78, 5) is 16.1. The van der Waals surface area contributed by atoms with Crippen LogP contribution in [0.25, 0.3) is 11.1 Å².